The standard InChI is InChI=1S/C19H28N4O4/c1-11-8-13-14(9-12(11)10-21-16(24)26-18(2,3)4)23(22-15(13)20)17(25)27-19(5,6)7/h8-9H,10H2,1-7H3,(H2,20,22)(H,21,24). The monoisotopic (exact) mass is 376 g/mol. The van der Waals surface area contributed by atoms with Crippen LogP contribution in [0.1, 0.15) is 52.7 Å². The van der Waals surface area contributed by atoms with Crippen molar-refractivity contribution in [1.29, 1.82) is 0 Å². The van der Waals surface area contributed by atoms with Gasteiger partial charge in [-0.1, -0.05) is 0 Å². The lowest BCUT2D eigenvalue weighted by Crippen LogP contribution is -2.32. The van der Waals surface area contributed by atoms with Crippen LogP contribution in [0.5, 0.6) is 0 Å². The second kappa shape index (κ2) is 7.09. The number of nitrogens with two attached hydrogens (primary N) is 1. The van der Waals surface area contributed by atoms with Crippen LogP contribution in [-0.2, 0) is 16.0 Å². The molecule has 1 aromatic carbocycles. The van der Waals surface area contributed by atoms with Crippen LogP contribution in [0, 0.1) is 6.92 Å². The lowest BCUT2D eigenvalue weighted by atomic mass is 10.1. The number of carbonyl (C=O) groups is 2. The normalized spacial score (nSPS) is 12.1. The molecule has 148 valence electrons. The van der Waals surface area contributed by atoms with Crippen molar-refractivity contribution >= 4 is 28.9 Å². The van der Waals surface area contributed by atoms with Gasteiger partial charge in [0.05, 0.1) is 5.52 Å². The van der Waals surface area contributed by atoms with Gasteiger partial charge in [0.25, 0.3) is 0 Å². The Bertz CT molecular complexity index is 872. The third-order valence-corrected chi connectivity index (χ3v) is 3.55. The van der Waals surface area contributed by atoms with Crippen molar-refractivity contribution in [3.8, 4) is 0 Å². The highest BCUT2D eigenvalue weighted by Gasteiger charge is 2.22. The van der Waals surface area contributed by atoms with E-state index >= 15 is 0 Å². The highest BCUT2D eigenvalue weighted by molar-refractivity contribution is 5.95. The molecule has 0 aliphatic carbocycles. The molecule has 1 aromatic heterocycles. The number of nitrogens with zero attached hydrogens (tertiary/aromatic N) is 2. The number of ether oxygens (including phenoxy) is 2. The maximum Gasteiger partial charge on any atom is 0.435 e. The van der Waals surface area contributed by atoms with Crippen LogP contribution in [0.2, 0.25) is 0 Å². The van der Waals surface area contributed by atoms with E-state index in [1.54, 1.807) is 47.6 Å². The number of fused-ring (bicyclic) bond motifs is 1. The van der Waals surface area contributed by atoms with Crippen molar-refractivity contribution in [3.63, 3.8) is 0 Å². The molecule has 0 unspecified atom stereocenters. The average molecular weight is 376 g/mol. The highest BCUT2D eigenvalue weighted by Crippen LogP contribution is 2.25. The molecule has 0 aliphatic heterocycles. The molecule has 27 heavy (non-hydrogen) atoms. The number of hydrogen-bond donors (Lipinski definition) is 2. The summed E-state index contributed by atoms with van der Waals surface area (Å²) in [5.41, 5.74) is 6.98. The molecule has 0 spiro atoms. The van der Waals surface area contributed by atoms with E-state index < -0.39 is 23.4 Å². The molecule has 0 bridgehead atoms. The zero-order valence-electron chi connectivity index (χ0n) is 17.0. The Morgan fingerprint density at radius 2 is 1.70 bits per heavy atom. The number of carbonyl (C=O) groups excluding carboxylic acids is 2. The first-order chi connectivity index (χ1) is 12.3. The van der Waals surface area contributed by atoms with Gasteiger partial charge in [0.15, 0.2) is 5.82 Å². The van der Waals surface area contributed by atoms with Crippen molar-refractivity contribution in [1.82, 2.24) is 15.1 Å². The molecule has 0 atom stereocenters. The number of nitrogens with one attached hydrogen (secondary N) is 1. The number of benzene rings is 1. The summed E-state index contributed by atoms with van der Waals surface area (Å²) in [5, 5.41) is 7.48. The van der Waals surface area contributed by atoms with Crippen LogP contribution < -0.4 is 11.1 Å². The fraction of sp³-hybridized carbons (Fsp3) is 0.526. The number of alkyl carbamates (subject to hydrolysis) is 1. The zero-order valence-corrected chi connectivity index (χ0v) is 17.0. The summed E-state index contributed by atoms with van der Waals surface area (Å²) in [6, 6.07) is 3.61. The Morgan fingerprint density at radius 1 is 1.11 bits per heavy atom. The van der Waals surface area contributed by atoms with Gasteiger partial charge in [-0.3, -0.25) is 0 Å². The van der Waals surface area contributed by atoms with Gasteiger partial charge in [-0.15, -0.1) is 5.10 Å². The van der Waals surface area contributed by atoms with Crippen molar-refractivity contribution in [2.75, 3.05) is 5.73 Å². The van der Waals surface area contributed by atoms with Crippen LogP contribution in [0.25, 0.3) is 10.9 Å². The quantitative estimate of drug-likeness (QED) is 0.826. The number of aryl methyl sites for hydroxylation is 1. The van der Waals surface area contributed by atoms with Crippen LogP contribution >= 0.6 is 0 Å². The third-order valence-electron chi connectivity index (χ3n) is 3.55. The summed E-state index contributed by atoms with van der Waals surface area (Å²) in [6.45, 7) is 12.9. The Labute approximate surface area is 159 Å². The zero-order chi connectivity index (χ0) is 20.6. The van der Waals surface area contributed by atoms with E-state index in [4.69, 9.17) is 15.2 Å². The van der Waals surface area contributed by atoms with Crippen LogP contribution in [0.15, 0.2) is 12.1 Å². The molecule has 8 heteroatoms. The van der Waals surface area contributed by atoms with Gasteiger partial charge < -0.3 is 20.5 Å². The minimum absolute atomic E-state index is 0.241. The summed E-state index contributed by atoms with van der Waals surface area (Å²) in [7, 11) is 0. The average Bonchev–Trinajstić information content (AvgIpc) is 2.78. The molecule has 1 amide bonds. The van der Waals surface area contributed by atoms with E-state index in [2.05, 4.69) is 10.4 Å². The number of amides is 1. The Hall–Kier alpha value is -2.77. The highest BCUT2D eigenvalue weighted by atomic mass is 16.6. The number of anilines is 1. The summed E-state index contributed by atoms with van der Waals surface area (Å²) in [6.07, 6.45) is -1.12. The SMILES string of the molecule is Cc1cc2c(N)nn(C(=O)OC(C)(C)C)c2cc1CNC(=O)OC(C)(C)C. The first-order valence-electron chi connectivity index (χ1n) is 8.75. The summed E-state index contributed by atoms with van der Waals surface area (Å²) < 4.78 is 11.8. The maximum absolute atomic E-state index is 12.4. The Balaban J connectivity index is 2.31. The predicted octanol–water partition coefficient (Wildman–Crippen LogP) is 3.73. The fourth-order valence-corrected chi connectivity index (χ4v) is 2.45. The van der Waals surface area contributed by atoms with Gasteiger partial charge in [0.2, 0.25) is 0 Å². The largest absolute Gasteiger partial charge is 0.444 e. The van der Waals surface area contributed by atoms with Gasteiger partial charge in [-0.05, 0) is 71.7 Å². The number of nitrogen functional groups attached to an aromatic ring is 1. The van der Waals surface area contributed by atoms with E-state index in [1.807, 2.05) is 13.0 Å². The van der Waals surface area contributed by atoms with Crippen molar-refractivity contribution in [3.05, 3.63) is 23.3 Å². The van der Waals surface area contributed by atoms with E-state index in [0.717, 1.165) is 15.8 Å². The van der Waals surface area contributed by atoms with E-state index in [1.165, 1.54) is 0 Å². The lowest BCUT2D eigenvalue weighted by Gasteiger charge is -2.20. The molecular weight excluding hydrogens is 348 g/mol. The molecule has 2 rings (SSSR count). The van der Waals surface area contributed by atoms with Gasteiger partial charge in [-0.25, -0.2) is 9.59 Å². The van der Waals surface area contributed by atoms with Crippen LogP contribution in [0.4, 0.5) is 15.4 Å². The summed E-state index contributed by atoms with van der Waals surface area (Å²) in [4.78, 5) is 24.3. The van der Waals surface area contributed by atoms with E-state index in [0.29, 0.717) is 10.9 Å². The Kier molecular flexibility index (Phi) is 5.40. The first kappa shape index (κ1) is 20.5. The number of rotatable bonds is 2. The molecule has 8 nitrogen and oxygen atoms in total. The van der Waals surface area contributed by atoms with Crippen molar-refractivity contribution in [2.45, 2.75) is 66.2 Å². The second-order valence-electron chi connectivity index (χ2n) is 8.43. The molecule has 0 fully saturated rings. The van der Waals surface area contributed by atoms with E-state index in [-0.39, 0.29) is 12.4 Å². The van der Waals surface area contributed by atoms with Crippen molar-refractivity contribution in [2.24, 2.45) is 0 Å². The molecule has 2 aromatic rings. The van der Waals surface area contributed by atoms with Gasteiger partial charge in [0.1, 0.15) is 11.2 Å². The number of aromatic nitrogens is 2. The van der Waals surface area contributed by atoms with Crippen LogP contribution in [-0.4, -0.2) is 33.2 Å². The van der Waals surface area contributed by atoms with E-state index in [9.17, 15) is 9.59 Å². The topological polar surface area (TPSA) is 108 Å². The minimum Gasteiger partial charge on any atom is -0.444 e. The van der Waals surface area contributed by atoms with Crippen molar-refractivity contribution < 1.29 is 19.1 Å². The lowest BCUT2D eigenvalue weighted by molar-refractivity contribution is 0.0511. The molecular formula is C19H28N4O4. The molecule has 0 saturated heterocycles. The van der Waals surface area contributed by atoms with Gasteiger partial charge >= 0.3 is 12.2 Å². The number of hydrogen-bond acceptors (Lipinski definition) is 6. The first-order valence-corrected chi connectivity index (χ1v) is 8.75. The maximum atomic E-state index is 12.4. The predicted molar refractivity (Wildman–Crippen MR) is 104 cm³/mol. The Morgan fingerprint density at radius 3 is 2.26 bits per heavy atom. The molecule has 3 N–H and O–H groups in total. The molecule has 0 aliphatic rings. The summed E-state index contributed by atoms with van der Waals surface area (Å²) in [5.74, 6) is 0.241. The van der Waals surface area contributed by atoms with Crippen LogP contribution in [0.3, 0.4) is 0 Å². The molecule has 1 heterocycles. The van der Waals surface area contributed by atoms with Gasteiger partial charge in [0, 0.05) is 11.9 Å². The molecule has 0 saturated carbocycles. The molecule has 0 radical (unpaired) electrons. The second-order valence-corrected chi connectivity index (χ2v) is 8.43. The van der Waals surface area contributed by atoms with Gasteiger partial charge in [-0.2, -0.15) is 4.68 Å². The third kappa shape index (κ3) is 5.35. The fourth-order valence-electron chi connectivity index (χ4n) is 2.45. The summed E-state index contributed by atoms with van der Waals surface area (Å²) >= 11 is 0. The minimum atomic E-state index is -0.657. The smallest absolute Gasteiger partial charge is 0.435 e.